The molecule has 0 aliphatic heterocycles. The zero-order valence-corrected chi connectivity index (χ0v) is 12.5. The molecule has 0 aliphatic carbocycles. The van der Waals surface area contributed by atoms with Gasteiger partial charge in [-0.1, -0.05) is 72.5 Å². The second-order valence-corrected chi connectivity index (χ2v) is 11.2. The first-order valence-corrected chi connectivity index (χ1v) is 9.77. The Bertz CT molecular complexity index is 538. The van der Waals surface area contributed by atoms with E-state index in [1.54, 1.807) is 6.92 Å². The van der Waals surface area contributed by atoms with E-state index in [0.29, 0.717) is 0 Å². The molecule has 0 atom stereocenters. The minimum atomic E-state index is -2.08. The Labute approximate surface area is 116 Å². The molecule has 0 N–H and O–H groups in total. The van der Waals surface area contributed by atoms with Crippen molar-refractivity contribution in [3.63, 3.8) is 0 Å². The van der Waals surface area contributed by atoms with E-state index in [1.165, 1.54) is 11.4 Å². The maximum absolute atomic E-state index is 11.5. The van der Waals surface area contributed by atoms with E-state index in [1.807, 2.05) is 60.7 Å². The van der Waals surface area contributed by atoms with Crippen LogP contribution in [0.5, 0.6) is 0 Å². The summed E-state index contributed by atoms with van der Waals surface area (Å²) in [6.07, 6.45) is 0. The first-order valence-electron chi connectivity index (χ1n) is 5.54. The Balaban J connectivity index is 2.55. The summed E-state index contributed by atoms with van der Waals surface area (Å²) in [6.45, 7) is 1.58. The molecule has 2 rings (SSSR count). The van der Waals surface area contributed by atoms with Gasteiger partial charge in [0.15, 0.2) is 5.12 Å². The number of benzene rings is 2. The molecular weight excluding hydrogens is 279 g/mol. The van der Waals surface area contributed by atoms with Crippen LogP contribution in [0.4, 0.5) is 0 Å². The summed E-state index contributed by atoms with van der Waals surface area (Å²) in [4.78, 5) is 11.5. The van der Waals surface area contributed by atoms with Gasteiger partial charge in [-0.2, -0.15) is 0 Å². The molecule has 2 aromatic rings. The van der Waals surface area contributed by atoms with Crippen molar-refractivity contribution in [2.24, 2.45) is 0 Å². The second kappa shape index (κ2) is 5.83. The van der Waals surface area contributed by atoms with Crippen molar-refractivity contribution in [1.29, 1.82) is 0 Å². The van der Waals surface area contributed by atoms with Crippen molar-refractivity contribution in [1.82, 2.24) is 0 Å². The van der Waals surface area contributed by atoms with E-state index in [4.69, 9.17) is 11.8 Å². The Hall–Kier alpha value is -0.890. The van der Waals surface area contributed by atoms with Crippen LogP contribution in [0.25, 0.3) is 0 Å². The molecule has 1 nitrogen and oxygen atoms in total. The van der Waals surface area contributed by atoms with Gasteiger partial charge in [-0.3, -0.25) is 4.79 Å². The van der Waals surface area contributed by atoms with E-state index < -0.39 is 5.24 Å². The molecule has 0 radical (unpaired) electrons. The molecule has 0 fully saturated rings. The molecule has 92 valence electrons. The molecule has 2 aromatic carbocycles. The summed E-state index contributed by atoms with van der Waals surface area (Å²) < 4.78 is 0. The molecular formula is C14H13OPS2. The van der Waals surface area contributed by atoms with Crippen LogP contribution in [-0.2, 0) is 16.6 Å². The number of hydrogen-bond donors (Lipinski definition) is 0. The first kappa shape index (κ1) is 13.5. The highest BCUT2D eigenvalue weighted by Crippen LogP contribution is 2.56. The maximum Gasteiger partial charge on any atom is 0.191 e. The summed E-state index contributed by atoms with van der Waals surface area (Å²) in [6, 6.07) is 19.9. The number of rotatable bonds is 3. The lowest BCUT2D eigenvalue weighted by molar-refractivity contribution is -0.109. The van der Waals surface area contributed by atoms with Gasteiger partial charge in [0.1, 0.15) is 0 Å². The Morgan fingerprint density at radius 1 is 0.944 bits per heavy atom. The van der Waals surface area contributed by atoms with Crippen molar-refractivity contribution in [3.05, 3.63) is 60.7 Å². The van der Waals surface area contributed by atoms with Crippen molar-refractivity contribution < 1.29 is 4.79 Å². The number of hydrogen-bond acceptors (Lipinski definition) is 3. The van der Waals surface area contributed by atoms with Gasteiger partial charge in [-0.25, -0.2) is 0 Å². The van der Waals surface area contributed by atoms with Gasteiger partial charge >= 0.3 is 0 Å². The zero-order valence-electron chi connectivity index (χ0n) is 9.95. The van der Waals surface area contributed by atoms with Crippen LogP contribution in [0.2, 0.25) is 0 Å². The van der Waals surface area contributed by atoms with E-state index in [-0.39, 0.29) is 5.12 Å². The Kier molecular flexibility index (Phi) is 4.39. The van der Waals surface area contributed by atoms with Crippen molar-refractivity contribution >= 4 is 44.2 Å². The topological polar surface area (TPSA) is 17.1 Å². The highest BCUT2D eigenvalue weighted by Gasteiger charge is 2.24. The van der Waals surface area contributed by atoms with Gasteiger partial charge in [0.2, 0.25) is 0 Å². The third kappa shape index (κ3) is 2.92. The zero-order chi connectivity index (χ0) is 13.0. The summed E-state index contributed by atoms with van der Waals surface area (Å²) in [5, 5.41) is 0.146. The van der Waals surface area contributed by atoms with Crippen molar-refractivity contribution in [2.75, 3.05) is 0 Å². The number of carbonyl (C=O) groups is 1. The van der Waals surface area contributed by atoms with E-state index in [9.17, 15) is 4.79 Å². The fourth-order valence-electron chi connectivity index (χ4n) is 1.68. The average Bonchev–Trinajstić information content (AvgIpc) is 2.40. The largest absolute Gasteiger partial charge is 0.287 e. The van der Waals surface area contributed by atoms with E-state index in [2.05, 4.69) is 0 Å². The van der Waals surface area contributed by atoms with E-state index >= 15 is 0 Å². The van der Waals surface area contributed by atoms with Gasteiger partial charge in [-0.05, 0) is 22.0 Å². The van der Waals surface area contributed by atoms with Crippen LogP contribution in [0.15, 0.2) is 60.7 Å². The molecule has 0 unspecified atom stereocenters. The minimum Gasteiger partial charge on any atom is -0.287 e. The summed E-state index contributed by atoms with van der Waals surface area (Å²) in [5.41, 5.74) is 0. The predicted octanol–water partition coefficient (Wildman–Crippen LogP) is 3.31. The van der Waals surface area contributed by atoms with Gasteiger partial charge in [0.25, 0.3) is 0 Å². The van der Waals surface area contributed by atoms with Gasteiger partial charge in [-0.15, -0.1) is 0 Å². The van der Waals surface area contributed by atoms with Gasteiger partial charge < -0.3 is 0 Å². The van der Waals surface area contributed by atoms with Crippen LogP contribution >= 0.6 is 16.6 Å². The van der Waals surface area contributed by atoms with Gasteiger partial charge in [0.05, 0.1) is 5.24 Å². The average molecular weight is 292 g/mol. The molecule has 4 heteroatoms. The molecule has 18 heavy (non-hydrogen) atoms. The lowest BCUT2D eigenvalue weighted by atomic mass is 10.4. The molecule has 0 aliphatic rings. The first-order chi connectivity index (χ1) is 8.63. The highest BCUT2D eigenvalue weighted by molar-refractivity contribution is 8.80. The third-order valence-electron chi connectivity index (χ3n) is 2.45. The maximum atomic E-state index is 11.5. The molecule has 0 spiro atoms. The SMILES string of the molecule is CC(=O)SP(=S)(c1ccccc1)c1ccccc1. The normalized spacial score (nSPS) is 11.2. The molecule has 0 bridgehead atoms. The molecule has 0 saturated carbocycles. The Morgan fingerprint density at radius 2 is 1.33 bits per heavy atom. The molecule has 0 heterocycles. The fraction of sp³-hybridized carbons (Fsp3) is 0.0714. The predicted molar refractivity (Wildman–Crippen MR) is 84.7 cm³/mol. The van der Waals surface area contributed by atoms with E-state index in [0.717, 1.165) is 10.6 Å². The van der Waals surface area contributed by atoms with Gasteiger partial charge in [0, 0.05) is 6.92 Å². The van der Waals surface area contributed by atoms with Crippen LogP contribution in [0.1, 0.15) is 6.92 Å². The van der Waals surface area contributed by atoms with Crippen LogP contribution in [0.3, 0.4) is 0 Å². The third-order valence-corrected chi connectivity index (χ3v) is 9.66. The molecule has 0 saturated heterocycles. The molecule has 0 aromatic heterocycles. The quantitative estimate of drug-likeness (QED) is 0.808. The van der Waals surface area contributed by atoms with Crippen LogP contribution in [0, 0.1) is 0 Å². The highest BCUT2D eigenvalue weighted by atomic mass is 32.9. The summed E-state index contributed by atoms with van der Waals surface area (Å²) in [5.74, 6) is 0. The number of carbonyl (C=O) groups excluding carboxylic acids is 1. The Morgan fingerprint density at radius 3 is 1.67 bits per heavy atom. The second-order valence-electron chi connectivity index (χ2n) is 3.81. The minimum absolute atomic E-state index is 0.0750. The van der Waals surface area contributed by atoms with Crippen LogP contribution < -0.4 is 10.6 Å². The summed E-state index contributed by atoms with van der Waals surface area (Å²) >= 11 is 7.16. The monoisotopic (exact) mass is 292 g/mol. The molecule has 0 amide bonds. The standard InChI is InChI=1S/C14H13OPS2/c1-12(15)18-16(17,13-8-4-2-5-9-13)14-10-6-3-7-11-14/h2-11H,1H3. The van der Waals surface area contributed by atoms with Crippen molar-refractivity contribution in [2.45, 2.75) is 6.92 Å². The fourth-order valence-corrected chi connectivity index (χ4v) is 7.81. The van der Waals surface area contributed by atoms with Crippen LogP contribution in [-0.4, -0.2) is 5.12 Å². The smallest absolute Gasteiger partial charge is 0.191 e. The van der Waals surface area contributed by atoms with Crippen molar-refractivity contribution in [3.8, 4) is 0 Å². The lowest BCUT2D eigenvalue weighted by Gasteiger charge is -2.20. The summed E-state index contributed by atoms with van der Waals surface area (Å²) in [7, 11) is 0. The lowest BCUT2D eigenvalue weighted by Crippen LogP contribution is -2.13.